The van der Waals surface area contributed by atoms with Crippen LogP contribution >= 0.6 is 0 Å². The van der Waals surface area contributed by atoms with Gasteiger partial charge in [-0.1, -0.05) is 44.2 Å². The van der Waals surface area contributed by atoms with Crippen molar-refractivity contribution in [1.29, 1.82) is 0 Å². The van der Waals surface area contributed by atoms with E-state index in [0.717, 1.165) is 31.1 Å². The van der Waals surface area contributed by atoms with Crippen LogP contribution in [0.3, 0.4) is 0 Å². The molecule has 122 valence electrons. The molecule has 0 heterocycles. The second-order valence-electron chi connectivity index (χ2n) is 6.08. The minimum atomic E-state index is -0.0568. The summed E-state index contributed by atoms with van der Waals surface area (Å²) < 4.78 is 5.19. The summed E-state index contributed by atoms with van der Waals surface area (Å²) in [6.45, 7) is 1.43. The quantitative estimate of drug-likeness (QED) is 0.810. The van der Waals surface area contributed by atoms with Gasteiger partial charge in [0, 0.05) is 13.1 Å². The smallest absolute Gasteiger partial charge is 0.314 e. The second kappa shape index (κ2) is 9.34. The maximum atomic E-state index is 11.8. The Morgan fingerprint density at radius 2 is 1.95 bits per heavy atom. The van der Waals surface area contributed by atoms with Crippen LogP contribution in [0.5, 0.6) is 5.75 Å². The Morgan fingerprint density at radius 1 is 1.18 bits per heavy atom. The first-order valence-corrected chi connectivity index (χ1v) is 8.42. The van der Waals surface area contributed by atoms with Crippen molar-refractivity contribution in [3.05, 3.63) is 29.8 Å². The Morgan fingerprint density at radius 3 is 2.73 bits per heavy atom. The molecule has 0 radical (unpaired) electrons. The topological polar surface area (TPSA) is 50.4 Å². The molecule has 0 aromatic heterocycles. The van der Waals surface area contributed by atoms with Gasteiger partial charge in [-0.05, 0) is 36.5 Å². The summed E-state index contributed by atoms with van der Waals surface area (Å²) in [6, 6.07) is 7.89. The molecule has 0 bridgehead atoms. The number of hydrogen-bond acceptors (Lipinski definition) is 2. The van der Waals surface area contributed by atoms with Gasteiger partial charge in [0.1, 0.15) is 5.75 Å². The van der Waals surface area contributed by atoms with Gasteiger partial charge in [0.25, 0.3) is 0 Å². The average Bonchev–Trinajstić information content (AvgIpc) is 2.56. The molecule has 1 aliphatic carbocycles. The number of urea groups is 1. The molecule has 0 atom stereocenters. The fourth-order valence-electron chi connectivity index (χ4n) is 3.08. The van der Waals surface area contributed by atoms with Gasteiger partial charge in [0.05, 0.1) is 7.11 Å². The van der Waals surface area contributed by atoms with E-state index in [-0.39, 0.29) is 6.03 Å². The lowest BCUT2D eigenvalue weighted by molar-refractivity contribution is 0.239. The van der Waals surface area contributed by atoms with Gasteiger partial charge in [-0.25, -0.2) is 4.79 Å². The molecule has 4 heteroatoms. The number of amides is 2. The van der Waals surface area contributed by atoms with E-state index in [9.17, 15) is 4.79 Å². The summed E-state index contributed by atoms with van der Waals surface area (Å²) in [5, 5.41) is 5.88. The highest BCUT2D eigenvalue weighted by atomic mass is 16.5. The minimum absolute atomic E-state index is 0.0568. The SMILES string of the molecule is COc1cccc(CCNC(=O)NCCC2CCCCC2)c1. The molecule has 4 nitrogen and oxygen atoms in total. The Bertz CT molecular complexity index is 456. The molecule has 1 fully saturated rings. The number of carbonyl (C=O) groups is 1. The first-order valence-electron chi connectivity index (χ1n) is 8.42. The maximum Gasteiger partial charge on any atom is 0.314 e. The third kappa shape index (κ3) is 5.96. The summed E-state index contributed by atoms with van der Waals surface area (Å²) in [7, 11) is 1.66. The number of methoxy groups -OCH3 is 1. The average molecular weight is 304 g/mol. The van der Waals surface area contributed by atoms with Gasteiger partial charge in [0.15, 0.2) is 0 Å². The van der Waals surface area contributed by atoms with Crippen LogP contribution in [0, 0.1) is 5.92 Å². The molecule has 0 spiro atoms. The zero-order valence-electron chi connectivity index (χ0n) is 13.6. The molecule has 1 aromatic rings. The van der Waals surface area contributed by atoms with Crippen LogP contribution in [0.2, 0.25) is 0 Å². The molecule has 0 unspecified atom stereocenters. The van der Waals surface area contributed by atoms with Crippen LogP contribution in [-0.4, -0.2) is 26.2 Å². The third-order valence-corrected chi connectivity index (χ3v) is 4.40. The van der Waals surface area contributed by atoms with Crippen molar-refractivity contribution in [2.75, 3.05) is 20.2 Å². The molecule has 1 aromatic carbocycles. The van der Waals surface area contributed by atoms with E-state index in [1.165, 1.54) is 37.7 Å². The molecular weight excluding hydrogens is 276 g/mol. The van der Waals surface area contributed by atoms with Gasteiger partial charge >= 0.3 is 6.03 Å². The Kier molecular flexibility index (Phi) is 7.07. The van der Waals surface area contributed by atoms with Crippen LogP contribution in [0.25, 0.3) is 0 Å². The molecular formula is C18H28N2O2. The standard InChI is InChI=1S/C18H28N2O2/c1-22-17-9-5-8-16(14-17)11-13-20-18(21)19-12-10-15-6-3-2-4-7-15/h5,8-9,14-15H,2-4,6-7,10-13H2,1H3,(H2,19,20,21). The van der Waals surface area contributed by atoms with Crippen LogP contribution in [0.15, 0.2) is 24.3 Å². The molecule has 0 saturated heterocycles. The summed E-state index contributed by atoms with van der Waals surface area (Å²) in [4.78, 5) is 11.8. The third-order valence-electron chi connectivity index (χ3n) is 4.40. The summed E-state index contributed by atoms with van der Waals surface area (Å²) in [5.74, 6) is 1.67. The lowest BCUT2D eigenvalue weighted by Gasteiger charge is -2.21. The summed E-state index contributed by atoms with van der Waals surface area (Å²) >= 11 is 0. The zero-order valence-corrected chi connectivity index (χ0v) is 13.6. The molecule has 2 rings (SSSR count). The predicted molar refractivity (Wildman–Crippen MR) is 89.3 cm³/mol. The van der Waals surface area contributed by atoms with E-state index in [1.807, 2.05) is 24.3 Å². The van der Waals surface area contributed by atoms with E-state index in [0.29, 0.717) is 6.54 Å². The van der Waals surface area contributed by atoms with Crippen molar-refractivity contribution in [3.8, 4) is 5.75 Å². The van der Waals surface area contributed by atoms with E-state index < -0.39 is 0 Å². The normalized spacial score (nSPS) is 15.3. The number of rotatable bonds is 7. The monoisotopic (exact) mass is 304 g/mol. The highest BCUT2D eigenvalue weighted by molar-refractivity contribution is 5.73. The van der Waals surface area contributed by atoms with E-state index in [1.54, 1.807) is 7.11 Å². The van der Waals surface area contributed by atoms with Crippen LogP contribution in [-0.2, 0) is 6.42 Å². The van der Waals surface area contributed by atoms with Gasteiger partial charge < -0.3 is 15.4 Å². The predicted octanol–water partition coefficient (Wildman–Crippen LogP) is 3.51. The van der Waals surface area contributed by atoms with Crippen molar-refractivity contribution in [1.82, 2.24) is 10.6 Å². The van der Waals surface area contributed by atoms with E-state index in [4.69, 9.17) is 4.74 Å². The lowest BCUT2D eigenvalue weighted by Crippen LogP contribution is -2.37. The van der Waals surface area contributed by atoms with E-state index >= 15 is 0 Å². The molecule has 2 N–H and O–H groups in total. The van der Waals surface area contributed by atoms with Crippen molar-refractivity contribution >= 4 is 6.03 Å². The Labute approximate surface area is 133 Å². The van der Waals surface area contributed by atoms with Crippen molar-refractivity contribution in [2.45, 2.75) is 44.9 Å². The fraction of sp³-hybridized carbons (Fsp3) is 0.611. The van der Waals surface area contributed by atoms with Crippen LogP contribution in [0.4, 0.5) is 4.79 Å². The molecule has 22 heavy (non-hydrogen) atoms. The Hall–Kier alpha value is -1.71. The Balaban J connectivity index is 1.57. The van der Waals surface area contributed by atoms with Crippen LogP contribution < -0.4 is 15.4 Å². The first-order chi connectivity index (χ1) is 10.8. The summed E-state index contributed by atoms with van der Waals surface area (Å²) in [5.41, 5.74) is 1.17. The second-order valence-corrected chi connectivity index (χ2v) is 6.08. The van der Waals surface area contributed by atoms with Crippen LogP contribution in [0.1, 0.15) is 44.1 Å². The van der Waals surface area contributed by atoms with Crippen molar-refractivity contribution in [3.63, 3.8) is 0 Å². The largest absolute Gasteiger partial charge is 0.497 e. The van der Waals surface area contributed by atoms with Gasteiger partial charge in [0.2, 0.25) is 0 Å². The fourth-order valence-corrected chi connectivity index (χ4v) is 3.08. The maximum absolute atomic E-state index is 11.8. The number of benzene rings is 1. The van der Waals surface area contributed by atoms with Gasteiger partial charge in [-0.2, -0.15) is 0 Å². The molecule has 2 amide bonds. The first kappa shape index (κ1) is 16.7. The van der Waals surface area contributed by atoms with Crippen molar-refractivity contribution < 1.29 is 9.53 Å². The lowest BCUT2D eigenvalue weighted by atomic mass is 9.87. The van der Waals surface area contributed by atoms with Gasteiger partial charge in [-0.15, -0.1) is 0 Å². The molecule has 1 saturated carbocycles. The highest BCUT2D eigenvalue weighted by Gasteiger charge is 2.13. The highest BCUT2D eigenvalue weighted by Crippen LogP contribution is 2.25. The number of nitrogens with one attached hydrogen (secondary N) is 2. The van der Waals surface area contributed by atoms with Gasteiger partial charge in [-0.3, -0.25) is 0 Å². The molecule has 0 aliphatic heterocycles. The van der Waals surface area contributed by atoms with Crippen molar-refractivity contribution in [2.24, 2.45) is 5.92 Å². The number of ether oxygens (including phenoxy) is 1. The summed E-state index contributed by atoms with van der Waals surface area (Å²) in [6.07, 6.45) is 8.69. The number of hydrogen-bond donors (Lipinski definition) is 2. The minimum Gasteiger partial charge on any atom is -0.497 e. The van der Waals surface area contributed by atoms with E-state index in [2.05, 4.69) is 10.6 Å². The zero-order chi connectivity index (χ0) is 15.6. The molecule has 1 aliphatic rings. The number of carbonyl (C=O) groups excluding carboxylic acids is 1.